The van der Waals surface area contributed by atoms with Crippen LogP contribution in [-0.2, 0) is 17.1 Å². The molecular formula is C12H14F3NOS. The molecule has 1 atom stereocenters. The Kier molecular flexibility index (Phi) is 5.68. The van der Waals surface area contributed by atoms with E-state index in [0.717, 1.165) is 5.56 Å². The molecular weight excluding hydrogens is 263 g/mol. The van der Waals surface area contributed by atoms with Crippen LogP contribution in [-0.4, -0.2) is 16.4 Å². The van der Waals surface area contributed by atoms with Crippen molar-refractivity contribution in [3.05, 3.63) is 35.9 Å². The monoisotopic (exact) mass is 277 g/mol. The van der Waals surface area contributed by atoms with Crippen molar-refractivity contribution < 1.29 is 17.7 Å². The maximum absolute atomic E-state index is 12.0. The van der Waals surface area contributed by atoms with E-state index in [0.29, 0.717) is 0 Å². The molecule has 18 heavy (non-hydrogen) atoms. The van der Waals surface area contributed by atoms with Gasteiger partial charge >= 0.3 is 6.18 Å². The second-order valence-corrected chi connectivity index (χ2v) is 5.01. The Balaban J connectivity index is 2.45. The molecule has 100 valence electrons. The van der Waals surface area contributed by atoms with Crippen LogP contribution in [0.15, 0.2) is 34.7 Å². The van der Waals surface area contributed by atoms with Crippen LogP contribution in [0.4, 0.5) is 13.2 Å². The summed E-state index contributed by atoms with van der Waals surface area (Å²) in [4.78, 5) is 0. The van der Waals surface area contributed by atoms with E-state index in [2.05, 4.69) is 4.40 Å². The molecule has 1 rings (SSSR count). The van der Waals surface area contributed by atoms with Crippen molar-refractivity contribution >= 4 is 17.1 Å². The molecule has 1 aromatic carbocycles. The predicted octanol–water partition coefficient (Wildman–Crippen LogP) is 3.65. The standard InChI is InChI=1S/C12H14F3NOS/c1-10(7-8-12(13,14)15)16-18(17)9-11-5-3-2-4-6-11/h2-6H,7-9H2,1H3. The highest BCUT2D eigenvalue weighted by atomic mass is 32.2. The van der Waals surface area contributed by atoms with Crippen LogP contribution in [0.5, 0.6) is 0 Å². The zero-order valence-corrected chi connectivity index (χ0v) is 10.7. The fourth-order valence-electron chi connectivity index (χ4n) is 1.29. The first-order valence-corrected chi connectivity index (χ1v) is 6.68. The molecule has 0 bridgehead atoms. The van der Waals surface area contributed by atoms with Crippen molar-refractivity contribution in [1.29, 1.82) is 0 Å². The summed E-state index contributed by atoms with van der Waals surface area (Å²) in [5.41, 5.74) is 1.12. The molecule has 0 heterocycles. The van der Waals surface area contributed by atoms with Gasteiger partial charge in [0.1, 0.15) is 0 Å². The van der Waals surface area contributed by atoms with E-state index < -0.39 is 24.0 Å². The van der Waals surface area contributed by atoms with Gasteiger partial charge in [0.05, 0.1) is 17.1 Å². The highest BCUT2D eigenvalue weighted by Gasteiger charge is 2.27. The number of rotatable bonds is 5. The molecule has 0 spiro atoms. The van der Waals surface area contributed by atoms with Gasteiger partial charge in [-0.05, 0) is 13.3 Å². The van der Waals surface area contributed by atoms with Crippen molar-refractivity contribution in [2.75, 3.05) is 0 Å². The van der Waals surface area contributed by atoms with Gasteiger partial charge in [-0.15, -0.1) is 0 Å². The molecule has 0 aromatic heterocycles. The summed E-state index contributed by atoms with van der Waals surface area (Å²) in [5.74, 6) is 0.226. The lowest BCUT2D eigenvalue weighted by Gasteiger charge is -2.07. The minimum Gasteiger partial charge on any atom is -0.591 e. The predicted molar refractivity (Wildman–Crippen MR) is 66.7 cm³/mol. The van der Waals surface area contributed by atoms with Crippen LogP contribution in [0.1, 0.15) is 25.3 Å². The van der Waals surface area contributed by atoms with Crippen molar-refractivity contribution in [3.8, 4) is 0 Å². The fourth-order valence-corrected chi connectivity index (χ4v) is 2.27. The van der Waals surface area contributed by atoms with Gasteiger partial charge in [-0.2, -0.15) is 13.2 Å². The summed E-state index contributed by atoms with van der Waals surface area (Å²) in [6.45, 7) is 1.47. The van der Waals surface area contributed by atoms with Gasteiger partial charge in [0.15, 0.2) is 5.75 Å². The average molecular weight is 277 g/mol. The number of hydrogen-bond donors (Lipinski definition) is 0. The molecule has 0 amide bonds. The molecule has 0 radical (unpaired) electrons. The van der Waals surface area contributed by atoms with Crippen molar-refractivity contribution in [3.63, 3.8) is 0 Å². The second kappa shape index (κ2) is 6.80. The topological polar surface area (TPSA) is 35.4 Å². The minimum absolute atomic E-state index is 0.204. The zero-order chi connectivity index (χ0) is 13.6. The van der Waals surface area contributed by atoms with Crippen molar-refractivity contribution in [1.82, 2.24) is 0 Å². The summed E-state index contributed by atoms with van der Waals surface area (Å²) in [7, 11) is 0. The lowest BCUT2D eigenvalue weighted by molar-refractivity contribution is -0.132. The van der Waals surface area contributed by atoms with Crippen LogP contribution in [0, 0.1) is 0 Å². The SMILES string of the molecule is CC(CCC(F)(F)F)=N[S+]([O-])Cc1ccccc1. The summed E-state index contributed by atoms with van der Waals surface area (Å²) in [5, 5.41) is 0. The van der Waals surface area contributed by atoms with Gasteiger partial charge in [0, 0.05) is 12.0 Å². The Hall–Kier alpha value is -1.01. The Morgan fingerprint density at radius 3 is 2.44 bits per heavy atom. The number of nitrogens with zero attached hydrogens (tertiary/aromatic N) is 1. The number of benzene rings is 1. The molecule has 0 aliphatic rings. The molecule has 1 aromatic rings. The Bertz CT molecular complexity index is 392. The first-order chi connectivity index (χ1) is 8.37. The van der Waals surface area contributed by atoms with E-state index in [1.165, 1.54) is 6.92 Å². The van der Waals surface area contributed by atoms with Gasteiger partial charge in [-0.1, -0.05) is 34.7 Å². The van der Waals surface area contributed by atoms with E-state index in [4.69, 9.17) is 0 Å². The van der Waals surface area contributed by atoms with Crippen LogP contribution in [0.3, 0.4) is 0 Å². The third-order valence-electron chi connectivity index (χ3n) is 2.16. The third-order valence-corrected chi connectivity index (χ3v) is 3.26. The minimum atomic E-state index is -4.20. The van der Waals surface area contributed by atoms with Gasteiger partial charge in [-0.3, -0.25) is 0 Å². The van der Waals surface area contributed by atoms with Gasteiger partial charge in [0.2, 0.25) is 0 Å². The van der Waals surface area contributed by atoms with Crippen LogP contribution < -0.4 is 0 Å². The van der Waals surface area contributed by atoms with E-state index in [1.54, 1.807) is 12.1 Å². The maximum atomic E-state index is 12.0. The molecule has 1 unspecified atom stereocenters. The molecule has 6 heteroatoms. The fraction of sp³-hybridized carbons (Fsp3) is 0.417. The van der Waals surface area contributed by atoms with Crippen LogP contribution >= 0.6 is 0 Å². The summed E-state index contributed by atoms with van der Waals surface area (Å²) >= 11 is -1.51. The highest BCUT2D eigenvalue weighted by Crippen LogP contribution is 2.21. The zero-order valence-electron chi connectivity index (χ0n) is 9.91. The van der Waals surface area contributed by atoms with E-state index in [-0.39, 0.29) is 17.9 Å². The molecule has 0 N–H and O–H groups in total. The molecule has 0 fully saturated rings. The lowest BCUT2D eigenvalue weighted by Crippen LogP contribution is -2.11. The number of halogens is 3. The Labute approximate surface area is 107 Å². The first kappa shape index (κ1) is 15.0. The number of alkyl halides is 3. The van der Waals surface area contributed by atoms with Gasteiger partial charge in [0.25, 0.3) is 0 Å². The smallest absolute Gasteiger partial charge is 0.389 e. The molecule has 0 saturated carbocycles. The van der Waals surface area contributed by atoms with E-state index in [9.17, 15) is 17.7 Å². The summed E-state index contributed by atoms with van der Waals surface area (Å²) in [6.07, 6.45) is -5.33. The van der Waals surface area contributed by atoms with Crippen molar-refractivity contribution in [2.24, 2.45) is 4.40 Å². The Morgan fingerprint density at radius 1 is 1.28 bits per heavy atom. The second-order valence-electron chi connectivity index (χ2n) is 3.89. The lowest BCUT2D eigenvalue weighted by atomic mass is 10.2. The average Bonchev–Trinajstić information content (AvgIpc) is 2.26. The maximum Gasteiger partial charge on any atom is 0.389 e. The van der Waals surface area contributed by atoms with Crippen LogP contribution in [0.2, 0.25) is 0 Å². The molecule has 0 saturated heterocycles. The summed E-state index contributed by atoms with van der Waals surface area (Å²) < 4.78 is 51.3. The van der Waals surface area contributed by atoms with Crippen molar-refractivity contribution in [2.45, 2.75) is 31.7 Å². The Morgan fingerprint density at radius 2 is 1.89 bits per heavy atom. The largest absolute Gasteiger partial charge is 0.591 e. The first-order valence-electron chi connectivity index (χ1n) is 5.40. The third kappa shape index (κ3) is 6.66. The van der Waals surface area contributed by atoms with E-state index >= 15 is 0 Å². The molecule has 0 aliphatic heterocycles. The quantitative estimate of drug-likeness (QED) is 0.597. The normalized spacial score (nSPS) is 14.6. The van der Waals surface area contributed by atoms with Gasteiger partial charge in [-0.25, -0.2) is 0 Å². The van der Waals surface area contributed by atoms with E-state index in [1.807, 2.05) is 18.2 Å². The summed E-state index contributed by atoms with van der Waals surface area (Å²) in [6, 6.07) is 9.07. The molecule has 0 aliphatic carbocycles. The molecule has 2 nitrogen and oxygen atoms in total. The highest BCUT2D eigenvalue weighted by molar-refractivity contribution is 7.89. The number of hydrogen-bond acceptors (Lipinski definition) is 2. The van der Waals surface area contributed by atoms with Gasteiger partial charge < -0.3 is 4.55 Å². The van der Waals surface area contributed by atoms with Crippen LogP contribution in [0.25, 0.3) is 0 Å².